The first kappa shape index (κ1) is 17.2. The Labute approximate surface area is 119 Å². The molecule has 6 nitrogen and oxygen atoms in total. The maximum Gasteiger partial charge on any atom is 0.422 e. The fraction of sp³-hybridized carbons (Fsp3) is 0.364. The van der Waals surface area contributed by atoms with E-state index < -0.39 is 28.9 Å². The Morgan fingerprint density at radius 2 is 1.95 bits per heavy atom. The highest BCUT2D eigenvalue weighted by molar-refractivity contribution is 7.89. The second-order valence-corrected chi connectivity index (χ2v) is 5.86. The molecule has 2 N–H and O–H groups in total. The maximum atomic E-state index is 11.9. The maximum absolute atomic E-state index is 11.9. The predicted octanol–water partition coefficient (Wildman–Crippen LogP) is 2.01. The van der Waals surface area contributed by atoms with Gasteiger partial charge < -0.3 is 4.74 Å². The van der Waals surface area contributed by atoms with Crippen molar-refractivity contribution in [1.29, 1.82) is 0 Å². The van der Waals surface area contributed by atoms with Crippen LogP contribution in [0.5, 0.6) is 0 Å². The van der Waals surface area contributed by atoms with Crippen molar-refractivity contribution in [3.05, 3.63) is 23.8 Å². The molecule has 0 saturated carbocycles. The molecular weight excluding hydrogens is 313 g/mol. The van der Waals surface area contributed by atoms with Crippen molar-refractivity contribution in [1.82, 2.24) is 4.72 Å². The number of nitrogens with one attached hydrogen (secondary N) is 2. The number of rotatable bonds is 4. The minimum atomic E-state index is -4.63. The fourth-order valence-corrected chi connectivity index (χ4v) is 2.37. The van der Waals surface area contributed by atoms with Gasteiger partial charge in [0.1, 0.15) is 0 Å². The molecule has 0 atom stereocenters. The van der Waals surface area contributed by atoms with Crippen molar-refractivity contribution in [3.63, 3.8) is 0 Å². The van der Waals surface area contributed by atoms with E-state index in [1.165, 1.54) is 26.1 Å². The lowest BCUT2D eigenvalue weighted by molar-refractivity contribution is -0.159. The summed E-state index contributed by atoms with van der Waals surface area (Å²) in [6, 6.07) is 3.87. The molecule has 0 radical (unpaired) electrons. The summed E-state index contributed by atoms with van der Waals surface area (Å²) in [5.74, 6) is 0. The monoisotopic (exact) mass is 326 g/mol. The summed E-state index contributed by atoms with van der Waals surface area (Å²) in [4.78, 5) is 11.1. The predicted molar refractivity (Wildman–Crippen MR) is 68.5 cm³/mol. The molecule has 1 aromatic carbocycles. The minimum Gasteiger partial charge on any atom is -0.440 e. The summed E-state index contributed by atoms with van der Waals surface area (Å²) >= 11 is 0. The number of benzene rings is 1. The number of ether oxygens (including phenoxy) is 1. The van der Waals surface area contributed by atoms with E-state index in [0.29, 0.717) is 5.56 Å². The summed E-state index contributed by atoms with van der Waals surface area (Å²) in [7, 11) is -2.53. The second kappa shape index (κ2) is 6.31. The number of sulfonamides is 1. The lowest BCUT2D eigenvalue weighted by atomic mass is 10.2. The van der Waals surface area contributed by atoms with Crippen LogP contribution in [0.4, 0.5) is 23.7 Å². The molecule has 0 fully saturated rings. The van der Waals surface area contributed by atoms with Crippen LogP contribution in [-0.2, 0) is 14.8 Å². The van der Waals surface area contributed by atoms with Crippen LogP contribution in [0.2, 0.25) is 0 Å². The first-order valence-corrected chi connectivity index (χ1v) is 7.08. The molecule has 21 heavy (non-hydrogen) atoms. The average Bonchev–Trinajstić information content (AvgIpc) is 2.38. The van der Waals surface area contributed by atoms with E-state index in [-0.39, 0.29) is 10.6 Å². The Morgan fingerprint density at radius 3 is 2.48 bits per heavy atom. The molecule has 10 heteroatoms. The number of anilines is 1. The van der Waals surface area contributed by atoms with Crippen molar-refractivity contribution >= 4 is 21.8 Å². The van der Waals surface area contributed by atoms with Crippen LogP contribution in [0.3, 0.4) is 0 Å². The van der Waals surface area contributed by atoms with Crippen LogP contribution in [0.15, 0.2) is 23.1 Å². The molecule has 0 aliphatic carbocycles. The highest BCUT2D eigenvalue weighted by Gasteiger charge is 2.29. The normalized spacial score (nSPS) is 12.0. The molecule has 1 aromatic rings. The Bertz CT molecular complexity index is 629. The molecule has 118 valence electrons. The number of carbonyl (C=O) groups excluding carboxylic acids is 1. The number of alkyl halides is 3. The quantitative estimate of drug-likeness (QED) is 0.886. The Morgan fingerprint density at radius 1 is 1.33 bits per heavy atom. The highest BCUT2D eigenvalue weighted by atomic mass is 32.2. The van der Waals surface area contributed by atoms with Gasteiger partial charge in [-0.15, -0.1) is 0 Å². The fourth-order valence-electron chi connectivity index (χ4n) is 1.38. The number of hydrogen-bond acceptors (Lipinski definition) is 4. The summed E-state index contributed by atoms with van der Waals surface area (Å²) < 4.78 is 65.1. The van der Waals surface area contributed by atoms with E-state index in [1.54, 1.807) is 0 Å². The molecule has 1 rings (SSSR count). The lowest BCUT2D eigenvalue weighted by Gasteiger charge is -2.11. The van der Waals surface area contributed by atoms with Crippen molar-refractivity contribution in [2.45, 2.75) is 18.0 Å². The first-order chi connectivity index (χ1) is 9.55. The van der Waals surface area contributed by atoms with Crippen LogP contribution in [0.25, 0.3) is 0 Å². The molecule has 0 aliphatic heterocycles. The Balaban J connectivity index is 2.87. The third-order valence-electron chi connectivity index (χ3n) is 2.36. The molecule has 0 unspecified atom stereocenters. The van der Waals surface area contributed by atoms with Crippen LogP contribution in [0.1, 0.15) is 5.56 Å². The number of hydrogen-bond donors (Lipinski definition) is 2. The van der Waals surface area contributed by atoms with Gasteiger partial charge in [0.05, 0.1) is 4.90 Å². The van der Waals surface area contributed by atoms with Gasteiger partial charge >= 0.3 is 12.3 Å². The molecule has 0 heterocycles. The zero-order valence-corrected chi connectivity index (χ0v) is 11.9. The zero-order chi connectivity index (χ0) is 16.3. The SMILES string of the molecule is CNS(=O)(=O)c1cc(NC(=O)OCC(F)(F)F)ccc1C. The zero-order valence-electron chi connectivity index (χ0n) is 11.1. The Kier molecular flexibility index (Phi) is 5.18. The van der Waals surface area contributed by atoms with Crippen LogP contribution in [-0.4, -0.2) is 34.3 Å². The van der Waals surface area contributed by atoms with Gasteiger partial charge in [-0.25, -0.2) is 17.9 Å². The third kappa shape index (κ3) is 5.23. The van der Waals surface area contributed by atoms with Crippen molar-refractivity contribution in [2.75, 3.05) is 19.0 Å². The smallest absolute Gasteiger partial charge is 0.422 e. The number of amides is 1. The Hall–Kier alpha value is -1.81. The summed E-state index contributed by atoms with van der Waals surface area (Å²) in [6.07, 6.45) is -5.96. The van der Waals surface area contributed by atoms with E-state index in [0.717, 1.165) is 6.07 Å². The average molecular weight is 326 g/mol. The largest absolute Gasteiger partial charge is 0.440 e. The van der Waals surface area contributed by atoms with E-state index >= 15 is 0 Å². The standard InChI is InChI=1S/C11H13F3N2O4S/c1-7-3-4-8(5-9(7)21(18,19)15-2)16-10(17)20-6-11(12,13)14/h3-5,15H,6H2,1-2H3,(H,16,17). The van der Waals surface area contributed by atoms with E-state index in [2.05, 4.69) is 9.46 Å². The van der Waals surface area contributed by atoms with Crippen LogP contribution >= 0.6 is 0 Å². The number of halogens is 3. The highest BCUT2D eigenvalue weighted by Crippen LogP contribution is 2.20. The molecular formula is C11H13F3N2O4S. The van der Waals surface area contributed by atoms with Crippen molar-refractivity contribution in [3.8, 4) is 0 Å². The molecule has 0 aromatic heterocycles. The van der Waals surface area contributed by atoms with E-state index in [1.807, 2.05) is 5.32 Å². The van der Waals surface area contributed by atoms with Gasteiger partial charge in [-0.05, 0) is 31.7 Å². The molecule has 1 amide bonds. The van der Waals surface area contributed by atoms with E-state index in [4.69, 9.17) is 0 Å². The minimum absolute atomic E-state index is 0.00148. The van der Waals surface area contributed by atoms with Crippen molar-refractivity contribution < 1.29 is 31.1 Å². The third-order valence-corrected chi connectivity index (χ3v) is 3.92. The lowest BCUT2D eigenvalue weighted by Crippen LogP contribution is -2.24. The summed E-state index contributed by atoms with van der Waals surface area (Å²) in [5.41, 5.74) is 0.417. The van der Waals surface area contributed by atoms with Crippen molar-refractivity contribution in [2.24, 2.45) is 0 Å². The van der Waals surface area contributed by atoms with E-state index in [9.17, 15) is 26.4 Å². The molecule has 0 spiro atoms. The van der Waals surface area contributed by atoms with Gasteiger partial charge in [0, 0.05) is 5.69 Å². The van der Waals surface area contributed by atoms with Gasteiger partial charge in [-0.3, -0.25) is 5.32 Å². The second-order valence-electron chi connectivity index (χ2n) is 4.00. The number of carbonyl (C=O) groups is 1. The molecule has 0 aliphatic rings. The van der Waals surface area contributed by atoms with Gasteiger partial charge in [0.25, 0.3) is 0 Å². The first-order valence-electron chi connectivity index (χ1n) is 5.60. The van der Waals surface area contributed by atoms with Gasteiger partial charge in [-0.2, -0.15) is 13.2 Å². The van der Waals surface area contributed by atoms with Crippen LogP contribution < -0.4 is 10.0 Å². The van der Waals surface area contributed by atoms with Gasteiger partial charge in [0.2, 0.25) is 10.0 Å². The van der Waals surface area contributed by atoms with Gasteiger partial charge in [-0.1, -0.05) is 6.07 Å². The number of aryl methyl sites for hydroxylation is 1. The topological polar surface area (TPSA) is 84.5 Å². The molecule has 0 bridgehead atoms. The summed E-state index contributed by atoms with van der Waals surface area (Å²) in [5, 5.41) is 2.02. The molecule has 0 saturated heterocycles. The van der Waals surface area contributed by atoms with Crippen LogP contribution in [0, 0.1) is 6.92 Å². The summed E-state index contributed by atoms with van der Waals surface area (Å²) in [6.45, 7) is -0.192. The van der Waals surface area contributed by atoms with Gasteiger partial charge in [0.15, 0.2) is 6.61 Å².